The van der Waals surface area contributed by atoms with Crippen LogP contribution in [0.1, 0.15) is 30.8 Å². The van der Waals surface area contributed by atoms with Crippen LogP contribution in [-0.2, 0) is 13.0 Å². The molecule has 3 rings (SSSR count). The van der Waals surface area contributed by atoms with E-state index in [1.807, 2.05) is 13.0 Å². The molecule has 0 amide bonds. The molecule has 7 nitrogen and oxygen atoms in total. The van der Waals surface area contributed by atoms with Gasteiger partial charge in [-0.2, -0.15) is 9.64 Å². The molecule has 1 aromatic heterocycles. The monoisotopic (exact) mass is 401 g/mol. The lowest BCUT2D eigenvalue weighted by Gasteiger charge is -2.36. The van der Waals surface area contributed by atoms with Crippen molar-refractivity contribution in [2.24, 2.45) is 4.99 Å². The summed E-state index contributed by atoms with van der Waals surface area (Å²) in [6.45, 7) is 8.26. The predicted octanol–water partition coefficient (Wildman–Crippen LogP) is 2.40. The summed E-state index contributed by atoms with van der Waals surface area (Å²) in [5, 5.41) is 13.3. The van der Waals surface area contributed by atoms with Gasteiger partial charge in [0.15, 0.2) is 5.96 Å². The molecule has 0 spiro atoms. The van der Waals surface area contributed by atoms with Gasteiger partial charge in [-0.25, -0.2) is 14.4 Å². The number of aromatic nitrogens is 2. The zero-order valence-corrected chi connectivity index (χ0v) is 17.0. The molecule has 1 N–H and O–H groups in total. The van der Waals surface area contributed by atoms with Crippen LogP contribution in [0.25, 0.3) is 0 Å². The van der Waals surface area contributed by atoms with Crippen molar-refractivity contribution in [3.8, 4) is 6.07 Å². The van der Waals surface area contributed by atoms with E-state index in [-0.39, 0.29) is 12.4 Å². The minimum atomic E-state index is -0.341. The molecule has 0 unspecified atom stereocenters. The van der Waals surface area contributed by atoms with Crippen LogP contribution >= 0.6 is 11.5 Å². The Labute approximate surface area is 168 Å². The summed E-state index contributed by atoms with van der Waals surface area (Å²) < 4.78 is 18.4. The highest BCUT2D eigenvalue weighted by atomic mass is 32.1. The topological polar surface area (TPSA) is 80.4 Å². The van der Waals surface area contributed by atoms with Gasteiger partial charge in [-0.15, -0.1) is 0 Å². The van der Waals surface area contributed by atoms with E-state index in [9.17, 15) is 4.39 Å². The van der Waals surface area contributed by atoms with Crippen molar-refractivity contribution in [1.82, 2.24) is 19.6 Å². The molecule has 0 aliphatic carbocycles. The lowest BCUT2D eigenvalue weighted by atomic mass is 10.1. The normalized spacial score (nSPS) is 14.9. The Kier molecular flexibility index (Phi) is 6.76. The molecule has 0 saturated carbocycles. The molecule has 148 valence electrons. The predicted molar refractivity (Wildman–Crippen MR) is 109 cm³/mol. The van der Waals surface area contributed by atoms with E-state index in [4.69, 9.17) is 5.26 Å². The second kappa shape index (κ2) is 9.46. The molecule has 2 aromatic rings. The fourth-order valence-corrected chi connectivity index (χ4v) is 3.78. The number of guanidine groups is 1. The Bertz CT molecular complexity index is 865. The molecule has 1 saturated heterocycles. The van der Waals surface area contributed by atoms with E-state index in [2.05, 4.69) is 36.4 Å². The van der Waals surface area contributed by atoms with Gasteiger partial charge in [0.1, 0.15) is 11.6 Å². The van der Waals surface area contributed by atoms with Gasteiger partial charge in [0.2, 0.25) is 5.13 Å². The number of nitrogens with one attached hydrogen (secondary N) is 1. The van der Waals surface area contributed by atoms with E-state index in [1.165, 1.54) is 23.7 Å². The highest BCUT2D eigenvalue weighted by Gasteiger charge is 2.22. The lowest BCUT2D eigenvalue weighted by Crippen LogP contribution is -2.52. The average molecular weight is 402 g/mol. The van der Waals surface area contributed by atoms with Gasteiger partial charge in [-0.05, 0) is 25.1 Å². The molecule has 0 radical (unpaired) electrons. The molecular weight excluding hydrogens is 377 g/mol. The van der Waals surface area contributed by atoms with Crippen molar-refractivity contribution in [2.45, 2.75) is 26.8 Å². The molecule has 0 atom stereocenters. The van der Waals surface area contributed by atoms with Crippen LogP contribution in [-0.4, -0.2) is 52.9 Å². The quantitative estimate of drug-likeness (QED) is 0.612. The van der Waals surface area contributed by atoms with Crippen LogP contribution in [0.4, 0.5) is 9.52 Å². The third-order valence-electron chi connectivity index (χ3n) is 4.53. The maximum absolute atomic E-state index is 14.0. The number of halogens is 1. The number of aliphatic imine (C=N–C) groups is 1. The Morgan fingerprint density at radius 2 is 2.11 bits per heavy atom. The summed E-state index contributed by atoms with van der Waals surface area (Å²) in [5.74, 6) is 1.31. The van der Waals surface area contributed by atoms with Crippen molar-refractivity contribution >= 4 is 22.6 Å². The first kappa shape index (κ1) is 20.0. The zero-order valence-electron chi connectivity index (χ0n) is 16.2. The Balaban J connectivity index is 1.66. The Morgan fingerprint density at radius 3 is 2.75 bits per heavy atom. The summed E-state index contributed by atoms with van der Waals surface area (Å²) in [4.78, 5) is 13.6. The average Bonchev–Trinajstić information content (AvgIpc) is 3.21. The summed E-state index contributed by atoms with van der Waals surface area (Å²) in [6, 6.07) is 6.39. The minimum absolute atomic E-state index is 0.195. The van der Waals surface area contributed by atoms with Gasteiger partial charge in [0.05, 0.1) is 18.2 Å². The second-order valence-electron chi connectivity index (χ2n) is 6.41. The number of anilines is 1. The molecule has 1 aliphatic rings. The Hall–Kier alpha value is -2.73. The molecule has 0 bridgehead atoms. The van der Waals surface area contributed by atoms with E-state index in [1.54, 1.807) is 6.07 Å². The molecular formula is C19H24FN7S. The van der Waals surface area contributed by atoms with Crippen LogP contribution in [0.15, 0.2) is 23.2 Å². The van der Waals surface area contributed by atoms with Gasteiger partial charge >= 0.3 is 0 Å². The highest BCUT2D eigenvalue weighted by molar-refractivity contribution is 7.09. The number of rotatable bonds is 5. The smallest absolute Gasteiger partial charge is 0.205 e. The lowest BCUT2D eigenvalue weighted by molar-refractivity contribution is 0.372. The number of nitriles is 1. The number of aryl methyl sites for hydroxylation is 1. The van der Waals surface area contributed by atoms with Crippen molar-refractivity contribution in [1.29, 1.82) is 5.26 Å². The molecule has 28 heavy (non-hydrogen) atoms. The van der Waals surface area contributed by atoms with Crippen molar-refractivity contribution in [3.63, 3.8) is 0 Å². The summed E-state index contributed by atoms with van der Waals surface area (Å²) >= 11 is 1.45. The third-order valence-corrected chi connectivity index (χ3v) is 5.35. The maximum Gasteiger partial charge on any atom is 0.205 e. The molecule has 1 aliphatic heterocycles. The standard InChI is InChI=1S/C19H24FN7S/c1-3-17-24-19(28-25-17)27-9-7-26(8-10-27)18(22-4-2)23-13-15-11-14(12-21)5-6-16(15)20/h5-6,11H,3-4,7-10,13H2,1-2H3,(H,22,23). The van der Waals surface area contributed by atoms with Gasteiger partial charge in [0, 0.05) is 56.2 Å². The molecule has 9 heteroatoms. The summed E-state index contributed by atoms with van der Waals surface area (Å²) in [5.41, 5.74) is 0.864. The molecule has 1 fully saturated rings. The van der Waals surface area contributed by atoms with Crippen LogP contribution in [0.5, 0.6) is 0 Å². The van der Waals surface area contributed by atoms with Crippen LogP contribution in [0.3, 0.4) is 0 Å². The highest BCUT2D eigenvalue weighted by Crippen LogP contribution is 2.19. The third kappa shape index (κ3) is 4.75. The fourth-order valence-electron chi connectivity index (χ4n) is 2.98. The summed E-state index contributed by atoms with van der Waals surface area (Å²) in [6.07, 6.45) is 0.844. The van der Waals surface area contributed by atoms with Gasteiger partial charge < -0.3 is 15.1 Å². The number of piperazine rings is 1. The van der Waals surface area contributed by atoms with E-state index in [0.29, 0.717) is 11.1 Å². The van der Waals surface area contributed by atoms with E-state index >= 15 is 0 Å². The first-order valence-electron chi connectivity index (χ1n) is 9.43. The Morgan fingerprint density at radius 1 is 1.32 bits per heavy atom. The number of nitrogens with zero attached hydrogens (tertiary/aromatic N) is 6. The van der Waals surface area contributed by atoms with Crippen molar-refractivity contribution in [3.05, 3.63) is 41.0 Å². The number of benzene rings is 1. The fraction of sp³-hybridized carbons (Fsp3) is 0.474. The molecule has 2 heterocycles. The van der Waals surface area contributed by atoms with Crippen LogP contribution in [0, 0.1) is 17.1 Å². The largest absolute Gasteiger partial charge is 0.357 e. The van der Waals surface area contributed by atoms with E-state index in [0.717, 1.165) is 56.1 Å². The van der Waals surface area contributed by atoms with Gasteiger partial charge in [-0.3, -0.25) is 0 Å². The van der Waals surface area contributed by atoms with Gasteiger partial charge in [-0.1, -0.05) is 6.92 Å². The SMILES string of the molecule is CCNC(=NCc1cc(C#N)ccc1F)N1CCN(c2nc(CC)ns2)CC1. The second-order valence-corrected chi connectivity index (χ2v) is 7.14. The first-order valence-corrected chi connectivity index (χ1v) is 10.2. The number of hydrogen-bond acceptors (Lipinski definition) is 6. The number of hydrogen-bond donors (Lipinski definition) is 1. The van der Waals surface area contributed by atoms with Crippen molar-refractivity contribution < 1.29 is 4.39 Å². The first-order chi connectivity index (χ1) is 13.6. The molecule has 1 aromatic carbocycles. The summed E-state index contributed by atoms with van der Waals surface area (Å²) in [7, 11) is 0. The van der Waals surface area contributed by atoms with Crippen LogP contribution in [0.2, 0.25) is 0 Å². The maximum atomic E-state index is 14.0. The minimum Gasteiger partial charge on any atom is -0.357 e. The zero-order chi connectivity index (χ0) is 19.9. The van der Waals surface area contributed by atoms with Gasteiger partial charge in [0.25, 0.3) is 0 Å². The van der Waals surface area contributed by atoms with Crippen LogP contribution < -0.4 is 10.2 Å². The van der Waals surface area contributed by atoms with Crippen molar-refractivity contribution in [2.75, 3.05) is 37.6 Å². The van der Waals surface area contributed by atoms with E-state index < -0.39 is 0 Å².